The molecule has 0 fully saturated rings. The molecule has 0 amide bonds. The van der Waals surface area contributed by atoms with Gasteiger partial charge in [0.25, 0.3) is 10.0 Å². The molecule has 2 rings (SSSR count). The summed E-state index contributed by atoms with van der Waals surface area (Å²) >= 11 is 0. The Kier molecular flexibility index (Phi) is 3.86. The average molecular weight is 303 g/mol. The van der Waals surface area contributed by atoms with Crippen molar-refractivity contribution in [1.82, 2.24) is 4.98 Å². The molecule has 0 aliphatic carbocycles. The van der Waals surface area contributed by atoms with E-state index in [9.17, 15) is 13.2 Å². The van der Waals surface area contributed by atoms with Crippen molar-refractivity contribution in [3.8, 4) is 6.07 Å². The Morgan fingerprint density at radius 2 is 2.05 bits per heavy atom. The number of aromatic carboxylic acids is 1. The lowest BCUT2D eigenvalue weighted by Gasteiger charge is -2.07. The van der Waals surface area contributed by atoms with Crippen LogP contribution in [0.2, 0.25) is 0 Å². The van der Waals surface area contributed by atoms with Gasteiger partial charge in [-0.15, -0.1) is 0 Å². The fraction of sp³-hybridized carbons (Fsp3) is 0. The molecule has 0 bridgehead atoms. The highest BCUT2D eigenvalue weighted by Gasteiger charge is 2.16. The van der Waals surface area contributed by atoms with E-state index in [1.807, 2.05) is 6.07 Å². The highest BCUT2D eigenvalue weighted by atomic mass is 32.2. The van der Waals surface area contributed by atoms with Gasteiger partial charge in [0.2, 0.25) is 0 Å². The highest BCUT2D eigenvalue weighted by molar-refractivity contribution is 7.92. The van der Waals surface area contributed by atoms with Crippen molar-refractivity contribution >= 4 is 21.7 Å². The molecular formula is C13H9N3O4S. The van der Waals surface area contributed by atoms with Gasteiger partial charge in [-0.1, -0.05) is 6.07 Å². The average Bonchev–Trinajstić information content (AvgIpc) is 2.47. The van der Waals surface area contributed by atoms with Crippen molar-refractivity contribution in [3.63, 3.8) is 0 Å². The molecule has 0 unspecified atom stereocenters. The standard InChI is InChI=1S/C13H9N3O4S/c14-7-9-2-1-3-11(6-9)16-21(19,20)12-5-4-10(8-15-12)13(17)18/h1-6,8,16H,(H,17,18). The van der Waals surface area contributed by atoms with Gasteiger partial charge in [-0.2, -0.15) is 13.7 Å². The summed E-state index contributed by atoms with van der Waals surface area (Å²) in [6.45, 7) is 0. The van der Waals surface area contributed by atoms with Crippen molar-refractivity contribution in [1.29, 1.82) is 5.26 Å². The van der Waals surface area contributed by atoms with Crippen LogP contribution in [0.5, 0.6) is 0 Å². The summed E-state index contributed by atoms with van der Waals surface area (Å²) in [5.74, 6) is -1.19. The van der Waals surface area contributed by atoms with Crippen LogP contribution in [0.3, 0.4) is 0 Å². The van der Waals surface area contributed by atoms with Crippen molar-refractivity contribution in [2.75, 3.05) is 4.72 Å². The molecule has 7 nitrogen and oxygen atoms in total. The fourth-order valence-corrected chi connectivity index (χ4v) is 2.51. The van der Waals surface area contributed by atoms with E-state index in [1.165, 1.54) is 24.3 Å². The van der Waals surface area contributed by atoms with E-state index in [0.717, 1.165) is 18.3 Å². The zero-order valence-corrected chi connectivity index (χ0v) is 11.3. The molecule has 0 saturated carbocycles. The second-order valence-electron chi connectivity index (χ2n) is 3.99. The summed E-state index contributed by atoms with van der Waals surface area (Å²) in [4.78, 5) is 14.3. The molecule has 1 aromatic carbocycles. The van der Waals surface area contributed by atoms with Crippen LogP contribution in [0, 0.1) is 11.3 Å². The Balaban J connectivity index is 2.29. The summed E-state index contributed by atoms with van der Waals surface area (Å²) < 4.78 is 26.4. The Bertz CT molecular complexity index is 823. The van der Waals surface area contributed by atoms with Crippen LogP contribution in [0.15, 0.2) is 47.6 Å². The highest BCUT2D eigenvalue weighted by Crippen LogP contribution is 2.15. The molecule has 0 aliphatic rings. The first kappa shape index (κ1) is 14.5. The lowest BCUT2D eigenvalue weighted by atomic mass is 10.2. The summed E-state index contributed by atoms with van der Waals surface area (Å²) in [5, 5.41) is 17.2. The van der Waals surface area contributed by atoms with Crippen LogP contribution in [0.25, 0.3) is 0 Å². The first-order chi connectivity index (χ1) is 9.92. The third-order valence-electron chi connectivity index (χ3n) is 2.50. The zero-order valence-electron chi connectivity index (χ0n) is 10.5. The molecule has 0 spiro atoms. The van der Waals surface area contributed by atoms with E-state index in [-0.39, 0.29) is 16.3 Å². The molecule has 106 valence electrons. The van der Waals surface area contributed by atoms with Crippen LogP contribution in [-0.4, -0.2) is 24.5 Å². The van der Waals surface area contributed by atoms with Crippen molar-refractivity contribution in [2.45, 2.75) is 5.03 Å². The van der Waals surface area contributed by atoms with Crippen molar-refractivity contribution in [2.24, 2.45) is 0 Å². The molecule has 2 N–H and O–H groups in total. The van der Waals surface area contributed by atoms with E-state index in [1.54, 1.807) is 0 Å². The van der Waals surface area contributed by atoms with Gasteiger partial charge in [0.05, 0.1) is 22.9 Å². The molecule has 1 heterocycles. The summed E-state index contributed by atoms with van der Waals surface area (Å²) in [6.07, 6.45) is 0.961. The number of carboxylic acids is 1. The second kappa shape index (κ2) is 5.60. The monoisotopic (exact) mass is 303 g/mol. The summed E-state index contributed by atoms with van der Waals surface area (Å²) in [5.41, 5.74) is 0.419. The van der Waals surface area contributed by atoms with Gasteiger partial charge in [0.15, 0.2) is 5.03 Å². The largest absolute Gasteiger partial charge is 0.478 e. The van der Waals surface area contributed by atoms with Crippen molar-refractivity contribution in [3.05, 3.63) is 53.7 Å². The van der Waals surface area contributed by atoms with Crippen LogP contribution in [-0.2, 0) is 10.0 Å². The van der Waals surface area contributed by atoms with E-state index in [2.05, 4.69) is 9.71 Å². The number of sulfonamides is 1. The van der Waals surface area contributed by atoms with Gasteiger partial charge < -0.3 is 5.11 Å². The maximum atomic E-state index is 12.1. The number of carboxylic acid groups (broad SMARTS) is 1. The van der Waals surface area contributed by atoms with Gasteiger partial charge in [-0.05, 0) is 30.3 Å². The Hall–Kier alpha value is -2.92. The number of carbonyl (C=O) groups is 1. The number of nitrogens with one attached hydrogen (secondary N) is 1. The lowest BCUT2D eigenvalue weighted by Crippen LogP contribution is -2.15. The molecule has 1 aromatic heterocycles. The number of anilines is 1. The number of nitriles is 1. The molecule has 0 aliphatic heterocycles. The minimum atomic E-state index is -3.94. The van der Waals surface area contributed by atoms with Crippen LogP contribution in [0.4, 0.5) is 5.69 Å². The minimum absolute atomic E-state index is 0.111. The van der Waals surface area contributed by atoms with Crippen LogP contribution < -0.4 is 4.72 Å². The smallest absolute Gasteiger partial charge is 0.337 e. The predicted octanol–water partition coefficient (Wildman–Crippen LogP) is 1.45. The number of rotatable bonds is 4. The normalized spacial score (nSPS) is 10.6. The Morgan fingerprint density at radius 3 is 2.62 bits per heavy atom. The lowest BCUT2D eigenvalue weighted by molar-refractivity contribution is 0.0696. The van der Waals surface area contributed by atoms with Gasteiger partial charge in [-0.3, -0.25) is 4.72 Å². The molecule has 8 heteroatoms. The summed E-state index contributed by atoms with van der Waals surface area (Å²) in [7, 11) is -3.94. The number of hydrogen-bond donors (Lipinski definition) is 2. The fourth-order valence-electron chi connectivity index (χ4n) is 1.53. The van der Waals surface area contributed by atoms with Crippen LogP contribution >= 0.6 is 0 Å². The van der Waals surface area contributed by atoms with Crippen molar-refractivity contribution < 1.29 is 18.3 Å². The molecule has 0 atom stereocenters. The van der Waals surface area contributed by atoms with Gasteiger partial charge in [0, 0.05) is 6.20 Å². The number of benzene rings is 1. The quantitative estimate of drug-likeness (QED) is 0.882. The first-order valence-corrected chi connectivity index (χ1v) is 7.13. The SMILES string of the molecule is N#Cc1cccc(NS(=O)(=O)c2ccc(C(=O)O)cn2)c1. The summed E-state index contributed by atoms with van der Waals surface area (Å²) in [6, 6.07) is 10.1. The zero-order chi connectivity index (χ0) is 15.5. The predicted molar refractivity (Wildman–Crippen MR) is 73.2 cm³/mol. The third kappa shape index (κ3) is 3.34. The van der Waals surface area contributed by atoms with Gasteiger partial charge >= 0.3 is 5.97 Å². The number of hydrogen-bond acceptors (Lipinski definition) is 5. The van der Waals surface area contributed by atoms with Gasteiger partial charge in [0.1, 0.15) is 0 Å². The number of nitrogens with zero attached hydrogens (tertiary/aromatic N) is 2. The van der Waals surface area contributed by atoms with E-state index in [0.29, 0.717) is 5.56 Å². The number of aromatic nitrogens is 1. The first-order valence-electron chi connectivity index (χ1n) is 5.65. The molecule has 21 heavy (non-hydrogen) atoms. The third-order valence-corrected chi connectivity index (χ3v) is 3.80. The molecular weight excluding hydrogens is 294 g/mol. The molecule has 2 aromatic rings. The topological polar surface area (TPSA) is 120 Å². The maximum Gasteiger partial charge on any atom is 0.337 e. The number of pyridine rings is 1. The van der Waals surface area contributed by atoms with Gasteiger partial charge in [-0.25, -0.2) is 9.78 Å². The van der Waals surface area contributed by atoms with E-state index in [4.69, 9.17) is 10.4 Å². The minimum Gasteiger partial charge on any atom is -0.478 e. The Labute approximate surface area is 120 Å². The second-order valence-corrected chi connectivity index (χ2v) is 5.62. The molecule has 0 saturated heterocycles. The Morgan fingerprint density at radius 1 is 1.29 bits per heavy atom. The van der Waals surface area contributed by atoms with E-state index >= 15 is 0 Å². The van der Waals surface area contributed by atoms with Crippen LogP contribution in [0.1, 0.15) is 15.9 Å². The van der Waals surface area contributed by atoms with E-state index < -0.39 is 16.0 Å². The molecule has 0 radical (unpaired) electrons. The maximum absolute atomic E-state index is 12.1.